The van der Waals surface area contributed by atoms with E-state index in [-0.39, 0.29) is 25.0 Å². The normalized spacial score (nSPS) is 12.1. The van der Waals surface area contributed by atoms with Crippen molar-refractivity contribution >= 4 is 12.1 Å². The van der Waals surface area contributed by atoms with Crippen LogP contribution in [0.2, 0.25) is 0 Å². The first-order chi connectivity index (χ1) is 19.5. The van der Waals surface area contributed by atoms with Gasteiger partial charge in [0.2, 0.25) is 0 Å². The second kappa shape index (κ2) is 13.2. The van der Waals surface area contributed by atoms with Gasteiger partial charge in [0, 0.05) is 12.6 Å². The molecule has 0 aliphatic rings. The van der Waals surface area contributed by atoms with Gasteiger partial charge in [0.15, 0.2) is 0 Å². The zero-order chi connectivity index (χ0) is 29.4. The van der Waals surface area contributed by atoms with E-state index in [0.717, 1.165) is 11.1 Å². The molecule has 0 radical (unpaired) electrons. The fourth-order valence-corrected chi connectivity index (χ4v) is 3.87. The first kappa shape index (κ1) is 29.4. The number of carbonyl (C=O) groups excluding carboxylic acids is 2. The van der Waals surface area contributed by atoms with E-state index < -0.39 is 18.1 Å². The minimum absolute atomic E-state index is 0.0808. The zero-order valence-corrected chi connectivity index (χ0v) is 24.2. The molecule has 0 aliphatic carbocycles. The van der Waals surface area contributed by atoms with Crippen molar-refractivity contribution in [2.75, 3.05) is 6.61 Å². The molecular formula is C30H37N7O4. The van der Waals surface area contributed by atoms with E-state index in [0.29, 0.717) is 24.5 Å². The van der Waals surface area contributed by atoms with Gasteiger partial charge in [-0.3, -0.25) is 0 Å². The first-order valence-corrected chi connectivity index (χ1v) is 13.5. The molecule has 1 amide bonds. The molecule has 0 unspecified atom stereocenters. The van der Waals surface area contributed by atoms with E-state index in [9.17, 15) is 9.59 Å². The number of esters is 1. The van der Waals surface area contributed by atoms with Gasteiger partial charge >= 0.3 is 12.1 Å². The minimum atomic E-state index is -1.03. The van der Waals surface area contributed by atoms with E-state index in [2.05, 4.69) is 25.9 Å². The summed E-state index contributed by atoms with van der Waals surface area (Å²) >= 11 is 0. The number of aromatic nitrogens is 6. The Morgan fingerprint density at radius 3 is 1.85 bits per heavy atom. The summed E-state index contributed by atoms with van der Waals surface area (Å²) in [5, 5.41) is 19.2. The lowest BCUT2D eigenvalue weighted by Crippen LogP contribution is -2.44. The summed E-state index contributed by atoms with van der Waals surface area (Å²) in [7, 11) is 0. The van der Waals surface area contributed by atoms with Crippen LogP contribution in [0.5, 0.6) is 0 Å². The number of hydrogen-bond acceptors (Lipinski definition) is 8. The van der Waals surface area contributed by atoms with Crippen molar-refractivity contribution in [2.45, 2.75) is 66.8 Å². The minimum Gasteiger partial charge on any atom is -0.457 e. The molecule has 4 aromatic rings. The molecular weight excluding hydrogens is 522 g/mol. The Balaban J connectivity index is 1.38. The summed E-state index contributed by atoms with van der Waals surface area (Å²) in [6.45, 7) is 11.1. The van der Waals surface area contributed by atoms with E-state index in [1.165, 1.54) is 11.1 Å². The number of ether oxygens (including phenoxy) is 2. The largest absolute Gasteiger partial charge is 0.457 e. The Labute approximate surface area is 239 Å². The molecule has 2 aromatic heterocycles. The highest BCUT2D eigenvalue weighted by atomic mass is 16.6. The molecule has 0 aliphatic heterocycles. The summed E-state index contributed by atoms with van der Waals surface area (Å²) in [6.07, 6.45) is 2.85. The Hall–Kier alpha value is -4.54. The fourth-order valence-electron chi connectivity index (χ4n) is 3.87. The van der Waals surface area contributed by atoms with Gasteiger partial charge in [-0.25, -0.2) is 19.0 Å². The monoisotopic (exact) mass is 559 g/mol. The lowest BCUT2D eigenvalue weighted by Gasteiger charge is -2.20. The highest BCUT2D eigenvalue weighted by Gasteiger charge is 2.26. The molecule has 216 valence electrons. The topological polar surface area (TPSA) is 126 Å². The molecule has 0 spiro atoms. The zero-order valence-electron chi connectivity index (χ0n) is 24.2. The van der Waals surface area contributed by atoms with Crippen LogP contribution in [0, 0.1) is 19.3 Å². The van der Waals surface area contributed by atoms with Crippen LogP contribution in [-0.4, -0.2) is 54.7 Å². The summed E-state index contributed by atoms with van der Waals surface area (Å²) in [5.74, 6) is -0.640. The van der Waals surface area contributed by atoms with Crippen LogP contribution in [0.15, 0.2) is 60.9 Å². The Bertz CT molecular complexity index is 1440. The Kier molecular flexibility index (Phi) is 9.49. The average molecular weight is 560 g/mol. The molecule has 0 saturated heterocycles. The standard InChI is InChI=1S/C30H37N7O4/c1-21-6-10-23(11-7-21)15-36-17-25(32-34-36)14-27(31-29(39)41-20-30(3,4)5)28(38)40-19-26-18-37(35-33-26)16-24-12-8-22(2)9-13-24/h6-13,17-18,27H,14-16,19-20H2,1-5H3,(H,31,39)/t27-/m1/s1. The van der Waals surface area contributed by atoms with Crippen LogP contribution in [0.4, 0.5) is 4.79 Å². The van der Waals surface area contributed by atoms with Crippen molar-refractivity contribution in [3.8, 4) is 0 Å². The van der Waals surface area contributed by atoms with Gasteiger partial charge in [-0.15, -0.1) is 10.2 Å². The van der Waals surface area contributed by atoms with Crippen molar-refractivity contribution in [1.82, 2.24) is 35.3 Å². The first-order valence-electron chi connectivity index (χ1n) is 13.5. The second-order valence-corrected chi connectivity index (χ2v) is 11.4. The van der Waals surface area contributed by atoms with Crippen LogP contribution in [-0.2, 0) is 40.4 Å². The quantitative estimate of drug-likeness (QED) is 0.273. The molecule has 0 saturated carbocycles. The fraction of sp³-hybridized carbons (Fsp3) is 0.400. The predicted octanol–water partition coefficient (Wildman–Crippen LogP) is 4.01. The van der Waals surface area contributed by atoms with Crippen molar-refractivity contribution in [3.05, 3.63) is 94.6 Å². The SMILES string of the molecule is Cc1ccc(Cn2cc(COC(=O)[C@@H](Cc3cn(Cc4ccc(C)cc4)nn3)NC(=O)OCC(C)(C)C)nn2)cc1. The van der Waals surface area contributed by atoms with E-state index in [4.69, 9.17) is 9.47 Å². The molecule has 0 bridgehead atoms. The Morgan fingerprint density at radius 1 is 0.805 bits per heavy atom. The van der Waals surface area contributed by atoms with E-state index >= 15 is 0 Å². The molecule has 0 fully saturated rings. The number of aryl methyl sites for hydroxylation is 2. The number of carbonyl (C=O) groups is 2. The van der Waals surface area contributed by atoms with Gasteiger partial charge in [-0.1, -0.05) is 90.9 Å². The smallest absolute Gasteiger partial charge is 0.407 e. The van der Waals surface area contributed by atoms with Gasteiger partial charge in [-0.05, 0) is 30.4 Å². The van der Waals surface area contributed by atoms with Crippen molar-refractivity contribution < 1.29 is 19.1 Å². The highest BCUT2D eigenvalue weighted by molar-refractivity contribution is 5.81. The lowest BCUT2D eigenvalue weighted by molar-refractivity contribution is -0.147. The van der Waals surface area contributed by atoms with Crippen LogP contribution in [0.25, 0.3) is 0 Å². The number of benzene rings is 2. The molecule has 1 N–H and O–H groups in total. The molecule has 11 heteroatoms. The van der Waals surface area contributed by atoms with Crippen molar-refractivity contribution in [1.29, 1.82) is 0 Å². The van der Waals surface area contributed by atoms with Gasteiger partial charge in [0.25, 0.3) is 0 Å². The third kappa shape index (κ3) is 9.55. The van der Waals surface area contributed by atoms with Gasteiger partial charge < -0.3 is 14.8 Å². The summed E-state index contributed by atoms with van der Waals surface area (Å²) in [4.78, 5) is 25.6. The third-order valence-electron chi connectivity index (χ3n) is 6.09. The summed E-state index contributed by atoms with van der Waals surface area (Å²) in [6, 6.07) is 15.2. The number of alkyl carbamates (subject to hydrolysis) is 1. The van der Waals surface area contributed by atoms with Crippen LogP contribution < -0.4 is 5.32 Å². The lowest BCUT2D eigenvalue weighted by atomic mass is 9.99. The van der Waals surface area contributed by atoms with Crippen LogP contribution >= 0.6 is 0 Å². The summed E-state index contributed by atoms with van der Waals surface area (Å²) in [5.41, 5.74) is 5.30. The number of nitrogens with one attached hydrogen (secondary N) is 1. The van der Waals surface area contributed by atoms with Gasteiger partial charge in [-0.2, -0.15) is 0 Å². The Morgan fingerprint density at radius 2 is 1.32 bits per heavy atom. The van der Waals surface area contributed by atoms with E-state index in [1.807, 2.05) is 83.1 Å². The molecule has 11 nitrogen and oxygen atoms in total. The number of hydrogen-bond donors (Lipinski definition) is 1. The molecule has 41 heavy (non-hydrogen) atoms. The van der Waals surface area contributed by atoms with Gasteiger partial charge in [0.05, 0.1) is 31.6 Å². The second-order valence-electron chi connectivity index (χ2n) is 11.4. The molecule has 1 atom stereocenters. The number of rotatable bonds is 11. The molecule has 4 rings (SSSR count). The third-order valence-corrected chi connectivity index (χ3v) is 6.09. The van der Waals surface area contributed by atoms with Crippen molar-refractivity contribution in [3.63, 3.8) is 0 Å². The van der Waals surface area contributed by atoms with Crippen molar-refractivity contribution in [2.24, 2.45) is 5.41 Å². The van der Waals surface area contributed by atoms with Gasteiger partial charge in [0.1, 0.15) is 18.3 Å². The number of nitrogens with zero attached hydrogens (tertiary/aromatic N) is 6. The van der Waals surface area contributed by atoms with E-state index in [1.54, 1.807) is 21.8 Å². The highest BCUT2D eigenvalue weighted by Crippen LogP contribution is 2.13. The predicted molar refractivity (Wildman–Crippen MR) is 152 cm³/mol. The maximum atomic E-state index is 13.1. The summed E-state index contributed by atoms with van der Waals surface area (Å²) < 4.78 is 14.2. The molecule has 2 aromatic carbocycles. The van der Waals surface area contributed by atoms with Crippen LogP contribution in [0.3, 0.4) is 0 Å². The maximum Gasteiger partial charge on any atom is 0.407 e. The average Bonchev–Trinajstić information content (AvgIpc) is 3.57. The molecule has 2 heterocycles. The number of amides is 1. The maximum absolute atomic E-state index is 13.1. The van der Waals surface area contributed by atoms with Crippen LogP contribution in [0.1, 0.15) is 54.4 Å².